The van der Waals surface area contributed by atoms with Crippen molar-refractivity contribution < 1.29 is 5.11 Å². The molecule has 1 aromatic rings. The lowest BCUT2D eigenvalue weighted by Gasteiger charge is -2.10. The van der Waals surface area contributed by atoms with Crippen LogP contribution in [0.2, 0.25) is 0 Å². The second kappa shape index (κ2) is 3.37. The van der Waals surface area contributed by atoms with Gasteiger partial charge in [0.05, 0.1) is 9.34 Å². The first-order valence-electron chi connectivity index (χ1n) is 4.22. The maximum absolute atomic E-state index is 9.94. The van der Waals surface area contributed by atoms with Gasteiger partial charge < -0.3 is 5.11 Å². The van der Waals surface area contributed by atoms with E-state index in [4.69, 9.17) is 0 Å². The number of alkyl halides is 2. The molecule has 1 aliphatic carbocycles. The third-order valence-electron chi connectivity index (χ3n) is 2.40. The summed E-state index contributed by atoms with van der Waals surface area (Å²) >= 11 is 7.01. The van der Waals surface area contributed by atoms with E-state index >= 15 is 0 Å². The van der Waals surface area contributed by atoms with Gasteiger partial charge in [-0.05, 0) is 12.0 Å². The van der Waals surface area contributed by atoms with Crippen LogP contribution in [0.15, 0.2) is 30.3 Å². The lowest BCUT2D eigenvalue weighted by molar-refractivity contribution is 0.154. The lowest BCUT2D eigenvalue weighted by atomic mass is 10.1. The van der Waals surface area contributed by atoms with Crippen molar-refractivity contribution in [2.75, 3.05) is 0 Å². The van der Waals surface area contributed by atoms with Crippen LogP contribution in [0.5, 0.6) is 0 Å². The molecule has 1 aliphatic rings. The first-order chi connectivity index (χ1) is 6.11. The zero-order valence-corrected chi connectivity index (χ0v) is 10.1. The molecule has 1 N–H and O–H groups in total. The second-order valence-corrected chi connectivity index (χ2v) is 7.32. The monoisotopic (exact) mass is 304 g/mol. The third kappa shape index (κ3) is 1.97. The topological polar surface area (TPSA) is 20.2 Å². The molecule has 0 aromatic heterocycles. The Kier molecular flexibility index (Phi) is 2.51. The first kappa shape index (κ1) is 9.69. The first-order valence-corrected chi connectivity index (χ1v) is 5.81. The number of aliphatic hydroxyl groups is 1. The van der Waals surface area contributed by atoms with Gasteiger partial charge >= 0.3 is 0 Å². The Bertz CT molecular complexity index is 297. The van der Waals surface area contributed by atoms with Crippen molar-refractivity contribution in [3.63, 3.8) is 0 Å². The highest BCUT2D eigenvalue weighted by Crippen LogP contribution is 2.61. The minimum absolute atomic E-state index is 0.0325. The summed E-state index contributed by atoms with van der Waals surface area (Å²) in [7, 11) is 0. The van der Waals surface area contributed by atoms with Gasteiger partial charge in [0, 0.05) is 5.92 Å². The Balaban J connectivity index is 2.12. The Hall–Kier alpha value is 0.140. The molecule has 3 heteroatoms. The zero-order valence-electron chi connectivity index (χ0n) is 6.95. The smallest absolute Gasteiger partial charge is 0.0866 e. The molecular weight excluding hydrogens is 296 g/mol. The highest BCUT2D eigenvalue weighted by molar-refractivity contribution is 9.25. The Morgan fingerprint density at radius 1 is 1.31 bits per heavy atom. The molecule has 1 saturated carbocycles. The maximum Gasteiger partial charge on any atom is 0.0866 e. The summed E-state index contributed by atoms with van der Waals surface area (Å²) in [6, 6.07) is 9.77. The number of rotatable bonds is 2. The van der Waals surface area contributed by atoms with Crippen LogP contribution in [0, 0.1) is 5.92 Å². The third-order valence-corrected chi connectivity index (χ3v) is 4.22. The molecule has 2 rings (SSSR count). The number of hydrogen-bond donors (Lipinski definition) is 1. The van der Waals surface area contributed by atoms with E-state index in [1.165, 1.54) is 0 Å². The largest absolute Gasteiger partial charge is 0.388 e. The van der Waals surface area contributed by atoms with Gasteiger partial charge in [0.15, 0.2) is 0 Å². The normalized spacial score (nSPS) is 26.8. The molecule has 1 aromatic carbocycles. The number of hydrogen-bond acceptors (Lipinski definition) is 1. The Labute approximate surface area is 94.4 Å². The van der Waals surface area contributed by atoms with E-state index in [1.807, 2.05) is 30.3 Å². The van der Waals surface area contributed by atoms with Crippen molar-refractivity contribution in [1.29, 1.82) is 0 Å². The molecular formula is C10H10Br2O. The van der Waals surface area contributed by atoms with Crippen LogP contribution in [0.25, 0.3) is 0 Å². The average molecular weight is 306 g/mol. The number of halogens is 2. The van der Waals surface area contributed by atoms with Crippen LogP contribution in [-0.2, 0) is 0 Å². The van der Waals surface area contributed by atoms with Crippen LogP contribution >= 0.6 is 31.9 Å². The molecule has 0 amide bonds. The Morgan fingerprint density at radius 2 is 1.85 bits per heavy atom. The van der Waals surface area contributed by atoms with Crippen molar-refractivity contribution in [3.8, 4) is 0 Å². The fourth-order valence-electron chi connectivity index (χ4n) is 1.46. The highest BCUT2D eigenvalue weighted by atomic mass is 79.9. The van der Waals surface area contributed by atoms with E-state index in [-0.39, 0.29) is 15.3 Å². The fourth-order valence-corrected chi connectivity index (χ4v) is 2.66. The van der Waals surface area contributed by atoms with Gasteiger partial charge in [-0.1, -0.05) is 62.2 Å². The van der Waals surface area contributed by atoms with E-state index in [0.29, 0.717) is 0 Å². The molecule has 0 saturated heterocycles. The van der Waals surface area contributed by atoms with Gasteiger partial charge in [-0.15, -0.1) is 0 Å². The van der Waals surface area contributed by atoms with Crippen molar-refractivity contribution >= 4 is 31.9 Å². The molecule has 0 radical (unpaired) electrons. The SMILES string of the molecule is OC(c1ccccc1)C1CC1(Br)Br. The van der Waals surface area contributed by atoms with E-state index in [9.17, 15) is 5.11 Å². The van der Waals surface area contributed by atoms with Crippen molar-refractivity contribution in [2.45, 2.75) is 15.8 Å². The van der Waals surface area contributed by atoms with E-state index < -0.39 is 0 Å². The van der Waals surface area contributed by atoms with Crippen LogP contribution in [0.3, 0.4) is 0 Å². The molecule has 70 valence electrons. The van der Waals surface area contributed by atoms with Crippen LogP contribution in [0.4, 0.5) is 0 Å². The summed E-state index contributed by atoms with van der Waals surface area (Å²) in [5.74, 6) is 0.287. The predicted molar refractivity (Wildman–Crippen MR) is 60.1 cm³/mol. The van der Waals surface area contributed by atoms with Gasteiger partial charge in [0.25, 0.3) is 0 Å². The molecule has 2 atom stereocenters. The average Bonchev–Trinajstić information content (AvgIpc) is 2.76. The predicted octanol–water partition coefficient (Wildman–Crippen LogP) is 3.23. The van der Waals surface area contributed by atoms with Crippen LogP contribution in [0.1, 0.15) is 18.1 Å². The van der Waals surface area contributed by atoms with Gasteiger partial charge in [-0.3, -0.25) is 0 Å². The molecule has 1 nitrogen and oxygen atoms in total. The summed E-state index contributed by atoms with van der Waals surface area (Å²) < 4.78 is -0.0325. The van der Waals surface area contributed by atoms with Gasteiger partial charge in [0.2, 0.25) is 0 Å². The van der Waals surface area contributed by atoms with Crippen LogP contribution in [-0.4, -0.2) is 8.34 Å². The van der Waals surface area contributed by atoms with Crippen LogP contribution < -0.4 is 0 Å². The summed E-state index contributed by atoms with van der Waals surface area (Å²) in [5, 5.41) is 9.94. The molecule has 0 aliphatic heterocycles. The second-order valence-electron chi connectivity index (χ2n) is 3.43. The van der Waals surface area contributed by atoms with Gasteiger partial charge in [-0.25, -0.2) is 0 Å². The highest BCUT2D eigenvalue weighted by Gasteiger charge is 2.54. The molecule has 2 unspecified atom stereocenters. The lowest BCUT2D eigenvalue weighted by Crippen LogP contribution is -2.03. The van der Waals surface area contributed by atoms with Gasteiger partial charge in [-0.2, -0.15) is 0 Å². The number of benzene rings is 1. The van der Waals surface area contributed by atoms with E-state index in [0.717, 1.165) is 12.0 Å². The quantitative estimate of drug-likeness (QED) is 0.832. The summed E-state index contributed by atoms with van der Waals surface area (Å²) in [5.41, 5.74) is 0.994. The van der Waals surface area contributed by atoms with E-state index in [2.05, 4.69) is 31.9 Å². The molecule has 1 fully saturated rings. The molecule has 13 heavy (non-hydrogen) atoms. The minimum atomic E-state index is -0.361. The molecule has 0 bridgehead atoms. The molecule has 0 heterocycles. The zero-order chi connectivity index (χ0) is 9.47. The minimum Gasteiger partial charge on any atom is -0.388 e. The Morgan fingerprint density at radius 3 is 2.31 bits per heavy atom. The van der Waals surface area contributed by atoms with Crippen molar-refractivity contribution in [1.82, 2.24) is 0 Å². The van der Waals surface area contributed by atoms with Gasteiger partial charge in [0.1, 0.15) is 0 Å². The standard InChI is InChI=1S/C10H10Br2O/c11-10(12)6-8(10)9(13)7-4-2-1-3-5-7/h1-5,8-9,13H,6H2. The summed E-state index contributed by atoms with van der Waals surface area (Å²) in [6.45, 7) is 0. The van der Waals surface area contributed by atoms with Crippen molar-refractivity contribution in [3.05, 3.63) is 35.9 Å². The van der Waals surface area contributed by atoms with Crippen molar-refractivity contribution in [2.24, 2.45) is 5.92 Å². The number of aliphatic hydroxyl groups excluding tert-OH is 1. The summed E-state index contributed by atoms with van der Waals surface area (Å²) in [6.07, 6.45) is 0.614. The maximum atomic E-state index is 9.94. The fraction of sp³-hybridized carbons (Fsp3) is 0.400. The molecule has 0 spiro atoms. The summed E-state index contributed by atoms with van der Waals surface area (Å²) in [4.78, 5) is 0. The van der Waals surface area contributed by atoms with E-state index in [1.54, 1.807) is 0 Å².